The number of carbonyl (C=O) groups excluding carboxylic acids is 2. The van der Waals surface area contributed by atoms with Gasteiger partial charge in [-0.3, -0.25) is 9.59 Å². The number of carbonyl (C=O) groups is 2. The lowest BCUT2D eigenvalue weighted by Gasteiger charge is -2.29. The Bertz CT molecular complexity index is 777. The van der Waals surface area contributed by atoms with Gasteiger partial charge in [0.25, 0.3) is 5.91 Å². The molecule has 0 aliphatic heterocycles. The van der Waals surface area contributed by atoms with Crippen LogP contribution in [0.25, 0.3) is 0 Å². The lowest BCUT2D eigenvalue weighted by Crippen LogP contribution is -2.50. The molecule has 0 bridgehead atoms. The lowest BCUT2D eigenvalue weighted by atomic mass is 10.1. The van der Waals surface area contributed by atoms with Crippen molar-refractivity contribution in [3.8, 4) is 11.5 Å². The highest BCUT2D eigenvalue weighted by Gasteiger charge is 2.27. The number of rotatable bonds is 9. The first-order valence-corrected chi connectivity index (χ1v) is 9.31. The second-order valence-corrected chi connectivity index (χ2v) is 6.81. The maximum Gasteiger partial charge on any atom is 0.261 e. The Morgan fingerprint density at radius 3 is 2.32 bits per heavy atom. The van der Waals surface area contributed by atoms with Gasteiger partial charge in [0.15, 0.2) is 6.61 Å². The van der Waals surface area contributed by atoms with E-state index in [0.717, 1.165) is 5.56 Å². The zero-order valence-electron chi connectivity index (χ0n) is 16.8. The third-order valence-electron chi connectivity index (χ3n) is 4.19. The van der Waals surface area contributed by atoms with Crippen molar-refractivity contribution < 1.29 is 19.1 Å². The molecule has 2 amide bonds. The van der Waals surface area contributed by atoms with Crippen molar-refractivity contribution in [2.75, 3.05) is 13.7 Å². The van der Waals surface area contributed by atoms with Crippen LogP contribution in [0.2, 0.25) is 0 Å². The number of amides is 2. The van der Waals surface area contributed by atoms with Crippen molar-refractivity contribution in [3.05, 3.63) is 60.2 Å². The lowest BCUT2D eigenvalue weighted by molar-refractivity contribution is -0.142. The summed E-state index contributed by atoms with van der Waals surface area (Å²) >= 11 is 0. The third-order valence-corrected chi connectivity index (χ3v) is 4.19. The van der Waals surface area contributed by atoms with Crippen LogP contribution in [0.4, 0.5) is 0 Å². The smallest absolute Gasteiger partial charge is 0.261 e. The van der Waals surface area contributed by atoms with Gasteiger partial charge >= 0.3 is 0 Å². The Hall–Kier alpha value is -3.02. The van der Waals surface area contributed by atoms with E-state index in [0.29, 0.717) is 11.5 Å². The molecule has 6 nitrogen and oxygen atoms in total. The summed E-state index contributed by atoms with van der Waals surface area (Å²) in [7, 11) is 1.59. The second-order valence-electron chi connectivity index (χ2n) is 6.81. The molecule has 0 aliphatic carbocycles. The van der Waals surface area contributed by atoms with Crippen LogP contribution in [0, 0.1) is 0 Å². The monoisotopic (exact) mass is 384 g/mol. The van der Waals surface area contributed by atoms with Gasteiger partial charge in [-0.15, -0.1) is 0 Å². The van der Waals surface area contributed by atoms with E-state index in [1.807, 2.05) is 56.3 Å². The van der Waals surface area contributed by atoms with E-state index < -0.39 is 6.04 Å². The number of hydrogen-bond acceptors (Lipinski definition) is 4. The summed E-state index contributed by atoms with van der Waals surface area (Å²) in [5.74, 6) is 0.838. The van der Waals surface area contributed by atoms with E-state index in [-0.39, 0.29) is 31.0 Å². The molecule has 1 atom stereocenters. The van der Waals surface area contributed by atoms with Crippen molar-refractivity contribution in [1.29, 1.82) is 0 Å². The summed E-state index contributed by atoms with van der Waals surface area (Å²) in [6.45, 7) is 5.63. The van der Waals surface area contributed by atoms with Gasteiger partial charge in [-0.2, -0.15) is 0 Å². The standard InChI is InChI=1S/C22H28N2O4/c1-16(2)23-22(26)17(3)24(14-18-9-8-12-20(13-18)27-4)21(25)15-28-19-10-6-5-7-11-19/h5-13,16-17H,14-15H2,1-4H3,(H,23,26)/t17-/m1/s1. The van der Waals surface area contributed by atoms with E-state index in [4.69, 9.17) is 9.47 Å². The van der Waals surface area contributed by atoms with Crippen LogP contribution in [0.15, 0.2) is 54.6 Å². The van der Waals surface area contributed by atoms with Crippen molar-refractivity contribution in [3.63, 3.8) is 0 Å². The quantitative estimate of drug-likeness (QED) is 0.722. The molecule has 0 saturated heterocycles. The Kier molecular flexibility index (Phi) is 7.87. The van der Waals surface area contributed by atoms with Crippen LogP contribution in [0.3, 0.4) is 0 Å². The summed E-state index contributed by atoms with van der Waals surface area (Å²) in [4.78, 5) is 26.9. The van der Waals surface area contributed by atoms with Gasteiger partial charge in [-0.1, -0.05) is 30.3 Å². The molecule has 150 valence electrons. The molecule has 0 fully saturated rings. The van der Waals surface area contributed by atoms with E-state index in [9.17, 15) is 9.59 Å². The highest BCUT2D eigenvalue weighted by molar-refractivity contribution is 5.88. The van der Waals surface area contributed by atoms with Crippen LogP contribution in [-0.2, 0) is 16.1 Å². The highest BCUT2D eigenvalue weighted by atomic mass is 16.5. The number of benzene rings is 2. The maximum atomic E-state index is 12.9. The molecule has 0 saturated carbocycles. The Labute approximate surface area is 166 Å². The number of hydrogen-bond donors (Lipinski definition) is 1. The predicted octanol–water partition coefficient (Wildman–Crippen LogP) is 3.02. The van der Waals surface area contributed by atoms with Crippen LogP contribution < -0.4 is 14.8 Å². The maximum absolute atomic E-state index is 12.9. The van der Waals surface area contributed by atoms with E-state index in [1.54, 1.807) is 26.2 Å². The molecule has 2 aromatic carbocycles. The van der Waals surface area contributed by atoms with Crippen molar-refractivity contribution >= 4 is 11.8 Å². The van der Waals surface area contributed by atoms with Gasteiger partial charge in [-0.05, 0) is 50.6 Å². The summed E-state index contributed by atoms with van der Waals surface area (Å²) in [5.41, 5.74) is 0.872. The summed E-state index contributed by atoms with van der Waals surface area (Å²) < 4.78 is 10.9. The normalized spacial score (nSPS) is 11.6. The molecule has 0 unspecified atom stereocenters. The molecule has 1 N–H and O–H groups in total. The highest BCUT2D eigenvalue weighted by Crippen LogP contribution is 2.17. The minimum Gasteiger partial charge on any atom is -0.497 e. The van der Waals surface area contributed by atoms with Gasteiger partial charge < -0.3 is 19.7 Å². The molecule has 0 radical (unpaired) electrons. The molecule has 0 aliphatic rings. The average Bonchev–Trinajstić information content (AvgIpc) is 2.70. The number of nitrogens with one attached hydrogen (secondary N) is 1. The van der Waals surface area contributed by atoms with E-state index >= 15 is 0 Å². The van der Waals surface area contributed by atoms with Crippen molar-refractivity contribution in [2.45, 2.75) is 39.4 Å². The molecular formula is C22H28N2O4. The first kappa shape index (κ1) is 21.3. The summed E-state index contributed by atoms with van der Waals surface area (Å²) in [6, 6.07) is 15.9. The van der Waals surface area contributed by atoms with Crippen LogP contribution in [-0.4, -0.2) is 42.5 Å². The Balaban J connectivity index is 2.16. The largest absolute Gasteiger partial charge is 0.497 e. The number of ether oxygens (including phenoxy) is 2. The molecule has 0 spiro atoms. The van der Waals surface area contributed by atoms with Crippen molar-refractivity contribution in [1.82, 2.24) is 10.2 Å². The van der Waals surface area contributed by atoms with Gasteiger partial charge in [0.1, 0.15) is 17.5 Å². The Morgan fingerprint density at radius 1 is 1.00 bits per heavy atom. The second kappa shape index (κ2) is 10.3. The van der Waals surface area contributed by atoms with Gasteiger partial charge in [0.05, 0.1) is 7.11 Å². The molecular weight excluding hydrogens is 356 g/mol. The minimum atomic E-state index is -0.638. The number of para-hydroxylation sites is 1. The van der Waals surface area contributed by atoms with Crippen molar-refractivity contribution in [2.24, 2.45) is 0 Å². The minimum absolute atomic E-state index is 0.00992. The van der Waals surface area contributed by atoms with Gasteiger partial charge in [0.2, 0.25) is 5.91 Å². The molecule has 0 heterocycles. The summed E-state index contributed by atoms with van der Waals surface area (Å²) in [5, 5.41) is 2.86. The molecule has 6 heteroatoms. The number of methoxy groups -OCH3 is 1. The molecule has 2 aromatic rings. The average molecular weight is 384 g/mol. The van der Waals surface area contributed by atoms with E-state index in [2.05, 4.69) is 5.32 Å². The summed E-state index contributed by atoms with van der Waals surface area (Å²) in [6.07, 6.45) is 0. The first-order chi connectivity index (χ1) is 13.4. The van der Waals surface area contributed by atoms with Crippen LogP contribution >= 0.6 is 0 Å². The molecule has 28 heavy (non-hydrogen) atoms. The zero-order chi connectivity index (χ0) is 20.5. The predicted molar refractivity (Wildman–Crippen MR) is 108 cm³/mol. The topological polar surface area (TPSA) is 67.9 Å². The van der Waals surface area contributed by atoms with E-state index in [1.165, 1.54) is 4.90 Å². The van der Waals surface area contributed by atoms with Crippen LogP contribution in [0.1, 0.15) is 26.3 Å². The van der Waals surface area contributed by atoms with Gasteiger partial charge in [0, 0.05) is 12.6 Å². The molecule has 0 aromatic heterocycles. The zero-order valence-corrected chi connectivity index (χ0v) is 16.8. The molecule has 2 rings (SSSR count). The number of nitrogens with zero attached hydrogens (tertiary/aromatic N) is 1. The fourth-order valence-corrected chi connectivity index (χ4v) is 2.70. The third kappa shape index (κ3) is 6.30. The van der Waals surface area contributed by atoms with Crippen LogP contribution in [0.5, 0.6) is 11.5 Å². The fourth-order valence-electron chi connectivity index (χ4n) is 2.70. The fraction of sp³-hybridized carbons (Fsp3) is 0.364. The first-order valence-electron chi connectivity index (χ1n) is 9.31. The Morgan fingerprint density at radius 2 is 1.68 bits per heavy atom. The SMILES string of the molecule is COc1cccc(CN(C(=O)COc2ccccc2)[C@H](C)C(=O)NC(C)C)c1. The van der Waals surface area contributed by atoms with Gasteiger partial charge in [-0.25, -0.2) is 0 Å².